The quantitative estimate of drug-likeness (QED) is 0.803. The van der Waals surface area contributed by atoms with Gasteiger partial charge in [-0.15, -0.1) is 0 Å². The van der Waals surface area contributed by atoms with Crippen LogP contribution in [0.5, 0.6) is 0 Å². The molecule has 2 unspecified atom stereocenters. The Morgan fingerprint density at radius 1 is 1.14 bits per heavy atom. The van der Waals surface area contributed by atoms with E-state index in [1.165, 1.54) is 9.87 Å². The minimum atomic E-state index is -3.34. The molecule has 0 radical (unpaired) electrons. The first-order valence-electron chi connectivity index (χ1n) is 7.60. The molecule has 0 bridgehead atoms. The standard InChI is InChI=1S/C16H28N2O2S/c1-6-8-16(17-7-2)13(3)14-9-11-15(12-10-14)21(19,20)18(4)5/h9-13,16-17H,6-8H2,1-5H3. The third-order valence-corrected chi connectivity index (χ3v) is 5.68. The van der Waals surface area contributed by atoms with Crippen LogP contribution in [0.2, 0.25) is 0 Å². The average molecular weight is 312 g/mol. The van der Waals surface area contributed by atoms with Crippen LogP contribution < -0.4 is 5.32 Å². The van der Waals surface area contributed by atoms with E-state index < -0.39 is 10.0 Å². The van der Waals surface area contributed by atoms with E-state index in [2.05, 4.69) is 26.1 Å². The fraction of sp³-hybridized carbons (Fsp3) is 0.625. The molecule has 2 atom stereocenters. The zero-order valence-corrected chi connectivity index (χ0v) is 14.6. The fourth-order valence-electron chi connectivity index (χ4n) is 2.49. The number of hydrogen-bond donors (Lipinski definition) is 1. The van der Waals surface area contributed by atoms with Crippen LogP contribution in [0.25, 0.3) is 0 Å². The van der Waals surface area contributed by atoms with Gasteiger partial charge < -0.3 is 5.32 Å². The highest BCUT2D eigenvalue weighted by Crippen LogP contribution is 2.24. The molecule has 0 amide bonds. The summed E-state index contributed by atoms with van der Waals surface area (Å²) in [4.78, 5) is 0.346. The Hall–Kier alpha value is -0.910. The average Bonchev–Trinajstić information content (AvgIpc) is 2.46. The predicted molar refractivity (Wildman–Crippen MR) is 88.1 cm³/mol. The molecule has 120 valence electrons. The highest BCUT2D eigenvalue weighted by Gasteiger charge is 2.20. The zero-order chi connectivity index (χ0) is 16.0. The van der Waals surface area contributed by atoms with Gasteiger partial charge >= 0.3 is 0 Å². The van der Waals surface area contributed by atoms with Gasteiger partial charge in [-0.3, -0.25) is 0 Å². The van der Waals surface area contributed by atoms with Gasteiger partial charge in [0.25, 0.3) is 0 Å². The number of nitrogens with zero attached hydrogens (tertiary/aromatic N) is 1. The molecule has 0 aromatic heterocycles. The van der Waals surface area contributed by atoms with E-state index in [4.69, 9.17) is 0 Å². The van der Waals surface area contributed by atoms with E-state index >= 15 is 0 Å². The van der Waals surface area contributed by atoms with Crippen molar-refractivity contribution < 1.29 is 8.42 Å². The van der Waals surface area contributed by atoms with E-state index in [1.807, 2.05) is 12.1 Å². The molecule has 21 heavy (non-hydrogen) atoms. The molecule has 0 aliphatic rings. The van der Waals surface area contributed by atoms with E-state index in [9.17, 15) is 8.42 Å². The molecule has 1 aromatic carbocycles. The second-order valence-corrected chi connectivity index (χ2v) is 7.75. The molecule has 0 spiro atoms. The molecule has 4 nitrogen and oxygen atoms in total. The van der Waals surface area contributed by atoms with Crippen LogP contribution in [-0.4, -0.2) is 39.4 Å². The number of likely N-dealkylation sites (N-methyl/N-ethyl adjacent to an activating group) is 1. The van der Waals surface area contributed by atoms with Gasteiger partial charge in [-0.25, -0.2) is 12.7 Å². The Bertz CT molecular complexity index is 518. The van der Waals surface area contributed by atoms with Crippen molar-refractivity contribution in [2.45, 2.75) is 50.5 Å². The Kier molecular flexibility index (Phi) is 6.84. The van der Waals surface area contributed by atoms with Gasteiger partial charge in [0.15, 0.2) is 0 Å². The van der Waals surface area contributed by atoms with Gasteiger partial charge in [-0.2, -0.15) is 0 Å². The van der Waals surface area contributed by atoms with Gasteiger partial charge in [0.05, 0.1) is 4.90 Å². The first-order valence-corrected chi connectivity index (χ1v) is 9.04. The van der Waals surface area contributed by atoms with E-state index in [1.54, 1.807) is 26.2 Å². The highest BCUT2D eigenvalue weighted by molar-refractivity contribution is 7.89. The maximum Gasteiger partial charge on any atom is 0.242 e. The van der Waals surface area contributed by atoms with Crippen molar-refractivity contribution in [3.63, 3.8) is 0 Å². The summed E-state index contributed by atoms with van der Waals surface area (Å²) in [5.41, 5.74) is 1.17. The molecule has 0 saturated heterocycles. The van der Waals surface area contributed by atoms with Gasteiger partial charge in [0, 0.05) is 20.1 Å². The van der Waals surface area contributed by atoms with E-state index in [0.717, 1.165) is 19.4 Å². The molecular formula is C16H28N2O2S. The van der Waals surface area contributed by atoms with Crippen molar-refractivity contribution in [1.29, 1.82) is 0 Å². The van der Waals surface area contributed by atoms with Crippen LogP contribution in [0.1, 0.15) is 45.1 Å². The molecule has 0 fully saturated rings. The Morgan fingerprint density at radius 3 is 2.14 bits per heavy atom. The number of benzene rings is 1. The highest BCUT2D eigenvalue weighted by atomic mass is 32.2. The molecular weight excluding hydrogens is 284 g/mol. The summed E-state index contributed by atoms with van der Waals surface area (Å²) in [6, 6.07) is 7.70. The number of nitrogens with one attached hydrogen (secondary N) is 1. The Balaban J connectivity index is 2.96. The molecule has 1 N–H and O–H groups in total. The maximum absolute atomic E-state index is 12.1. The van der Waals surface area contributed by atoms with E-state index in [0.29, 0.717) is 16.9 Å². The van der Waals surface area contributed by atoms with Gasteiger partial charge in [-0.1, -0.05) is 39.3 Å². The van der Waals surface area contributed by atoms with Crippen molar-refractivity contribution in [2.24, 2.45) is 0 Å². The van der Waals surface area contributed by atoms with Crippen LogP contribution in [0, 0.1) is 0 Å². The third kappa shape index (κ3) is 4.53. The lowest BCUT2D eigenvalue weighted by Gasteiger charge is -2.25. The summed E-state index contributed by atoms with van der Waals surface area (Å²) < 4.78 is 25.4. The molecule has 5 heteroatoms. The van der Waals surface area contributed by atoms with Crippen LogP contribution >= 0.6 is 0 Å². The van der Waals surface area contributed by atoms with Crippen molar-refractivity contribution in [1.82, 2.24) is 9.62 Å². The summed E-state index contributed by atoms with van der Waals surface area (Å²) in [5.74, 6) is 0.362. The van der Waals surface area contributed by atoms with Crippen molar-refractivity contribution in [3.8, 4) is 0 Å². The van der Waals surface area contributed by atoms with E-state index in [-0.39, 0.29) is 0 Å². The molecule has 1 rings (SSSR count). The SMILES string of the molecule is CCCC(NCC)C(C)c1ccc(S(=O)(=O)N(C)C)cc1. The van der Waals surface area contributed by atoms with Crippen LogP contribution in [0.4, 0.5) is 0 Å². The lowest BCUT2D eigenvalue weighted by atomic mass is 9.90. The molecule has 1 aromatic rings. The van der Waals surface area contributed by atoms with Crippen molar-refractivity contribution in [3.05, 3.63) is 29.8 Å². The number of sulfonamides is 1. The second kappa shape index (κ2) is 7.92. The lowest BCUT2D eigenvalue weighted by Crippen LogP contribution is -2.33. The maximum atomic E-state index is 12.1. The largest absolute Gasteiger partial charge is 0.314 e. The first-order chi connectivity index (χ1) is 9.84. The fourth-order valence-corrected chi connectivity index (χ4v) is 3.39. The summed E-state index contributed by atoms with van der Waals surface area (Å²) in [6.45, 7) is 7.44. The number of rotatable bonds is 8. The molecule has 0 heterocycles. The third-order valence-electron chi connectivity index (χ3n) is 3.85. The van der Waals surface area contributed by atoms with Crippen molar-refractivity contribution in [2.75, 3.05) is 20.6 Å². The minimum Gasteiger partial charge on any atom is -0.314 e. The van der Waals surface area contributed by atoms with Crippen LogP contribution in [0.3, 0.4) is 0 Å². The monoisotopic (exact) mass is 312 g/mol. The van der Waals surface area contributed by atoms with Gasteiger partial charge in [0.2, 0.25) is 10.0 Å². The summed E-state index contributed by atoms with van der Waals surface area (Å²) in [5, 5.41) is 3.52. The minimum absolute atomic E-state index is 0.346. The Labute approximate surface area is 129 Å². The van der Waals surface area contributed by atoms with Crippen LogP contribution in [-0.2, 0) is 10.0 Å². The van der Waals surface area contributed by atoms with Crippen molar-refractivity contribution >= 4 is 10.0 Å². The van der Waals surface area contributed by atoms with Gasteiger partial charge in [0.1, 0.15) is 0 Å². The zero-order valence-electron chi connectivity index (χ0n) is 13.8. The van der Waals surface area contributed by atoms with Gasteiger partial charge in [-0.05, 0) is 36.6 Å². The number of hydrogen-bond acceptors (Lipinski definition) is 3. The normalized spacial score (nSPS) is 15.1. The summed E-state index contributed by atoms with van der Waals surface area (Å²) in [6.07, 6.45) is 2.25. The predicted octanol–water partition coefficient (Wildman–Crippen LogP) is 2.82. The molecule has 0 aliphatic heterocycles. The second-order valence-electron chi connectivity index (χ2n) is 5.60. The first kappa shape index (κ1) is 18.1. The Morgan fingerprint density at radius 2 is 1.71 bits per heavy atom. The lowest BCUT2D eigenvalue weighted by molar-refractivity contribution is 0.429. The van der Waals surface area contributed by atoms with Crippen LogP contribution in [0.15, 0.2) is 29.2 Å². The molecule has 0 aliphatic carbocycles. The molecule has 0 saturated carbocycles. The topological polar surface area (TPSA) is 49.4 Å². The summed E-state index contributed by atoms with van der Waals surface area (Å²) in [7, 11) is -0.243. The smallest absolute Gasteiger partial charge is 0.242 e. The summed E-state index contributed by atoms with van der Waals surface area (Å²) >= 11 is 0.